The number of rotatable bonds is 2. The zero-order valence-corrected chi connectivity index (χ0v) is 7.66. The van der Waals surface area contributed by atoms with E-state index in [0.717, 1.165) is 0 Å². The fraction of sp³-hybridized carbons (Fsp3) is 0.571. The van der Waals surface area contributed by atoms with E-state index in [1.807, 2.05) is 0 Å². The monoisotopic (exact) mass is 203 g/mol. The quantitative estimate of drug-likeness (QED) is 0.525. The number of nitrogens with one attached hydrogen (secondary N) is 1. The van der Waals surface area contributed by atoms with Gasteiger partial charge in [-0.15, -0.1) is 6.42 Å². The van der Waals surface area contributed by atoms with Gasteiger partial charge in [-0.3, -0.25) is 4.79 Å². The van der Waals surface area contributed by atoms with Crippen molar-refractivity contribution >= 4 is 21.8 Å². The Bertz CT molecular complexity index is 169. The molecule has 0 rings (SSSR count). The molecular weight excluding hydrogens is 194 g/mol. The van der Waals surface area contributed by atoms with Gasteiger partial charge in [-0.05, 0) is 13.8 Å². The van der Waals surface area contributed by atoms with Gasteiger partial charge in [0, 0.05) is 0 Å². The minimum atomic E-state index is -0.537. The molecule has 10 heavy (non-hydrogen) atoms. The predicted octanol–water partition coefficient (Wildman–Crippen LogP) is 0.909. The lowest BCUT2D eigenvalue weighted by Crippen LogP contribution is -2.42. The summed E-state index contributed by atoms with van der Waals surface area (Å²) in [5.41, 5.74) is -0.537. The van der Waals surface area contributed by atoms with Gasteiger partial charge in [0.15, 0.2) is 0 Å². The zero-order chi connectivity index (χ0) is 8.20. The maximum atomic E-state index is 10.7. The SMILES string of the molecule is C#CC(C)(C)NC(=O)CBr. The van der Waals surface area contributed by atoms with Crippen molar-refractivity contribution in [2.45, 2.75) is 19.4 Å². The van der Waals surface area contributed by atoms with Crippen molar-refractivity contribution in [2.24, 2.45) is 0 Å². The first-order valence-electron chi connectivity index (χ1n) is 2.86. The van der Waals surface area contributed by atoms with E-state index in [4.69, 9.17) is 6.42 Å². The molecule has 3 heteroatoms. The Morgan fingerprint density at radius 2 is 2.30 bits per heavy atom. The van der Waals surface area contributed by atoms with E-state index in [0.29, 0.717) is 0 Å². The van der Waals surface area contributed by atoms with E-state index >= 15 is 0 Å². The lowest BCUT2D eigenvalue weighted by atomic mass is 10.1. The summed E-state index contributed by atoms with van der Waals surface area (Å²) in [4.78, 5) is 10.7. The average molecular weight is 204 g/mol. The third kappa shape index (κ3) is 3.52. The second kappa shape index (κ2) is 3.62. The first kappa shape index (κ1) is 9.51. The standard InChI is InChI=1S/C7H10BrNO/c1-4-7(2,3)9-6(10)5-8/h1H,5H2,2-3H3,(H,9,10). The Balaban J connectivity index is 3.92. The van der Waals surface area contributed by atoms with Crippen LogP contribution >= 0.6 is 15.9 Å². The molecule has 0 aromatic carbocycles. The van der Waals surface area contributed by atoms with Crippen LogP contribution in [0.5, 0.6) is 0 Å². The summed E-state index contributed by atoms with van der Waals surface area (Å²) in [5.74, 6) is 2.36. The third-order valence-electron chi connectivity index (χ3n) is 0.934. The van der Waals surface area contributed by atoms with Crippen molar-refractivity contribution in [3.05, 3.63) is 0 Å². The molecule has 1 amide bonds. The molecule has 0 saturated heterocycles. The molecule has 56 valence electrons. The number of hydrogen-bond donors (Lipinski definition) is 1. The Labute approximate surface area is 69.5 Å². The summed E-state index contributed by atoms with van der Waals surface area (Å²) < 4.78 is 0. The van der Waals surface area contributed by atoms with Gasteiger partial charge in [0.25, 0.3) is 0 Å². The van der Waals surface area contributed by atoms with E-state index in [9.17, 15) is 4.79 Å². The molecule has 0 aliphatic heterocycles. The van der Waals surface area contributed by atoms with Crippen molar-refractivity contribution in [2.75, 3.05) is 5.33 Å². The van der Waals surface area contributed by atoms with E-state index in [2.05, 4.69) is 27.2 Å². The second-order valence-corrected chi connectivity index (χ2v) is 3.01. The van der Waals surface area contributed by atoms with Crippen molar-refractivity contribution in [1.29, 1.82) is 0 Å². The van der Waals surface area contributed by atoms with E-state index in [1.54, 1.807) is 13.8 Å². The van der Waals surface area contributed by atoms with Crippen LogP contribution in [0.3, 0.4) is 0 Å². The summed E-state index contributed by atoms with van der Waals surface area (Å²) in [6.45, 7) is 3.54. The average Bonchev–Trinajstić information content (AvgIpc) is 1.87. The first-order chi connectivity index (χ1) is 4.52. The molecule has 0 aromatic heterocycles. The van der Waals surface area contributed by atoms with Crippen LogP contribution in [0.15, 0.2) is 0 Å². The Hall–Kier alpha value is -0.490. The van der Waals surface area contributed by atoms with Crippen LogP contribution in [-0.4, -0.2) is 16.8 Å². The highest BCUT2D eigenvalue weighted by atomic mass is 79.9. The fourth-order valence-corrected chi connectivity index (χ4v) is 0.558. The van der Waals surface area contributed by atoms with Crippen LogP contribution in [0.2, 0.25) is 0 Å². The lowest BCUT2D eigenvalue weighted by Gasteiger charge is -2.18. The number of carbonyl (C=O) groups is 1. The molecule has 1 N–H and O–H groups in total. The summed E-state index contributed by atoms with van der Waals surface area (Å²) in [5, 5.41) is 2.92. The molecule has 0 aliphatic rings. The maximum Gasteiger partial charge on any atom is 0.231 e. The van der Waals surface area contributed by atoms with Crippen LogP contribution in [0.25, 0.3) is 0 Å². The Morgan fingerprint density at radius 1 is 1.80 bits per heavy atom. The van der Waals surface area contributed by atoms with Crippen LogP contribution in [0, 0.1) is 12.3 Å². The normalized spacial score (nSPS) is 10.2. The highest BCUT2D eigenvalue weighted by Gasteiger charge is 2.15. The van der Waals surface area contributed by atoms with Crippen molar-refractivity contribution in [3.8, 4) is 12.3 Å². The molecule has 0 spiro atoms. The first-order valence-corrected chi connectivity index (χ1v) is 3.99. The van der Waals surface area contributed by atoms with Gasteiger partial charge in [-0.1, -0.05) is 21.9 Å². The van der Waals surface area contributed by atoms with Crippen molar-refractivity contribution in [1.82, 2.24) is 5.32 Å². The van der Waals surface area contributed by atoms with E-state index in [-0.39, 0.29) is 11.2 Å². The van der Waals surface area contributed by atoms with Gasteiger partial charge in [-0.25, -0.2) is 0 Å². The molecule has 0 aromatic rings. The van der Waals surface area contributed by atoms with Crippen LogP contribution in [-0.2, 0) is 4.79 Å². The van der Waals surface area contributed by atoms with Gasteiger partial charge in [0.2, 0.25) is 5.91 Å². The molecule has 0 unspecified atom stereocenters. The van der Waals surface area contributed by atoms with Crippen LogP contribution in [0.4, 0.5) is 0 Å². The van der Waals surface area contributed by atoms with Crippen LogP contribution in [0.1, 0.15) is 13.8 Å². The van der Waals surface area contributed by atoms with Crippen LogP contribution < -0.4 is 5.32 Å². The largest absolute Gasteiger partial charge is 0.340 e. The Morgan fingerprint density at radius 3 is 2.60 bits per heavy atom. The fourth-order valence-electron chi connectivity index (χ4n) is 0.418. The van der Waals surface area contributed by atoms with Gasteiger partial charge in [0.1, 0.15) is 0 Å². The van der Waals surface area contributed by atoms with E-state index < -0.39 is 5.54 Å². The van der Waals surface area contributed by atoms with Crippen molar-refractivity contribution < 1.29 is 4.79 Å². The highest BCUT2D eigenvalue weighted by molar-refractivity contribution is 9.09. The van der Waals surface area contributed by atoms with Gasteiger partial charge >= 0.3 is 0 Å². The van der Waals surface area contributed by atoms with E-state index in [1.165, 1.54) is 0 Å². The maximum absolute atomic E-state index is 10.7. The summed E-state index contributed by atoms with van der Waals surface area (Å²) in [6, 6.07) is 0. The second-order valence-electron chi connectivity index (χ2n) is 2.45. The smallest absolute Gasteiger partial charge is 0.231 e. The highest BCUT2D eigenvalue weighted by Crippen LogP contribution is 1.98. The van der Waals surface area contributed by atoms with Gasteiger partial charge in [0.05, 0.1) is 10.9 Å². The molecular formula is C7H10BrNO. The predicted molar refractivity (Wildman–Crippen MR) is 44.8 cm³/mol. The summed E-state index contributed by atoms with van der Waals surface area (Å²) in [6.07, 6.45) is 5.13. The summed E-state index contributed by atoms with van der Waals surface area (Å²) in [7, 11) is 0. The minimum Gasteiger partial charge on any atom is -0.340 e. The number of alkyl halides is 1. The number of halogens is 1. The molecule has 0 aliphatic carbocycles. The molecule has 0 bridgehead atoms. The topological polar surface area (TPSA) is 29.1 Å². The van der Waals surface area contributed by atoms with Gasteiger partial charge < -0.3 is 5.32 Å². The molecule has 0 atom stereocenters. The molecule has 0 saturated carbocycles. The molecule has 2 nitrogen and oxygen atoms in total. The Kier molecular flexibility index (Phi) is 3.45. The molecule has 0 radical (unpaired) electrons. The molecule has 0 heterocycles. The number of hydrogen-bond acceptors (Lipinski definition) is 1. The lowest BCUT2D eigenvalue weighted by molar-refractivity contribution is -0.119. The molecule has 0 fully saturated rings. The van der Waals surface area contributed by atoms with Gasteiger partial charge in [-0.2, -0.15) is 0 Å². The number of terminal acetylenes is 1. The minimum absolute atomic E-state index is 0.0945. The number of amides is 1. The van der Waals surface area contributed by atoms with Crippen molar-refractivity contribution in [3.63, 3.8) is 0 Å². The zero-order valence-electron chi connectivity index (χ0n) is 6.07. The summed E-state index contributed by atoms with van der Waals surface area (Å²) >= 11 is 3.02. The third-order valence-corrected chi connectivity index (χ3v) is 1.44. The number of carbonyl (C=O) groups excluding carboxylic acids is 1.